The molecule has 0 aliphatic carbocycles. The van der Waals surface area contributed by atoms with Crippen molar-refractivity contribution < 1.29 is 9.18 Å². The highest BCUT2D eigenvalue weighted by Crippen LogP contribution is 2.32. The summed E-state index contributed by atoms with van der Waals surface area (Å²) in [5.41, 5.74) is 8.28. The van der Waals surface area contributed by atoms with Gasteiger partial charge in [0.2, 0.25) is 0 Å². The molecule has 1 heterocycles. The van der Waals surface area contributed by atoms with E-state index in [1.807, 2.05) is 13.1 Å². The number of hydrogen-bond acceptors (Lipinski definition) is 3. The molecule has 3 aromatic rings. The van der Waals surface area contributed by atoms with Gasteiger partial charge in [0.1, 0.15) is 5.82 Å². The third-order valence-corrected chi connectivity index (χ3v) is 4.18. The lowest BCUT2D eigenvalue weighted by Gasteiger charge is -2.11. The molecule has 1 atom stereocenters. The Morgan fingerprint density at radius 3 is 2.64 bits per heavy atom. The molecular weight excluding hydrogens is 341 g/mol. The van der Waals surface area contributed by atoms with Crippen LogP contribution >= 0.6 is 11.6 Å². The zero-order chi connectivity index (χ0) is 18.1. The molecule has 25 heavy (non-hydrogen) atoms. The topological polar surface area (TPSA) is 60.9 Å². The molecule has 1 unspecified atom stereocenters. The Kier molecular flexibility index (Phi) is 4.70. The zero-order valence-corrected chi connectivity index (χ0v) is 14.6. The number of ketones is 1. The Morgan fingerprint density at radius 1 is 1.24 bits per heavy atom. The van der Waals surface area contributed by atoms with E-state index < -0.39 is 11.6 Å². The number of carbonyl (C=O) groups is 1. The van der Waals surface area contributed by atoms with Crippen molar-refractivity contribution in [1.82, 2.24) is 9.78 Å². The number of carbonyl (C=O) groups excluding carboxylic acids is 1. The largest absolute Gasteiger partial charge is 0.324 e. The van der Waals surface area contributed by atoms with Crippen molar-refractivity contribution in [3.8, 4) is 11.3 Å². The summed E-state index contributed by atoms with van der Waals surface area (Å²) in [6, 6.07) is 10.5. The van der Waals surface area contributed by atoms with Gasteiger partial charge in [0.05, 0.1) is 11.3 Å². The van der Waals surface area contributed by atoms with E-state index >= 15 is 0 Å². The summed E-state index contributed by atoms with van der Waals surface area (Å²) in [4.78, 5) is 12.9. The maximum absolute atomic E-state index is 14.1. The molecule has 0 fully saturated rings. The second kappa shape index (κ2) is 6.78. The highest BCUT2D eigenvalue weighted by atomic mass is 35.5. The predicted molar refractivity (Wildman–Crippen MR) is 96.1 cm³/mol. The van der Waals surface area contributed by atoms with Crippen LogP contribution in [-0.2, 0) is 7.05 Å². The van der Waals surface area contributed by atoms with E-state index in [0.29, 0.717) is 21.8 Å². The van der Waals surface area contributed by atoms with Gasteiger partial charge in [-0.3, -0.25) is 9.48 Å². The van der Waals surface area contributed by atoms with Gasteiger partial charge in [-0.05, 0) is 31.2 Å². The number of nitrogens with zero attached hydrogens (tertiary/aromatic N) is 2. The standard InChI is InChI=1S/C19H17ClFN3O/c1-11(22)16-10-24(2)23-18(16)13-8-7-12(20)9-15(13)19(25)14-5-3-4-6-17(14)21/h3-11H,22H2,1-2H3. The molecule has 0 saturated carbocycles. The second-order valence-corrected chi connectivity index (χ2v) is 6.33. The Balaban J connectivity index is 2.21. The van der Waals surface area contributed by atoms with Gasteiger partial charge in [-0.15, -0.1) is 0 Å². The summed E-state index contributed by atoms with van der Waals surface area (Å²) >= 11 is 6.09. The summed E-state index contributed by atoms with van der Waals surface area (Å²) in [5, 5.41) is 4.83. The van der Waals surface area contributed by atoms with Gasteiger partial charge in [0.25, 0.3) is 0 Å². The quantitative estimate of drug-likeness (QED) is 0.714. The van der Waals surface area contributed by atoms with E-state index in [4.69, 9.17) is 17.3 Å². The Bertz CT molecular complexity index is 950. The Morgan fingerprint density at radius 2 is 1.96 bits per heavy atom. The lowest BCUT2D eigenvalue weighted by atomic mass is 9.94. The number of hydrogen-bond donors (Lipinski definition) is 1. The van der Waals surface area contributed by atoms with E-state index in [1.165, 1.54) is 24.3 Å². The molecular formula is C19H17ClFN3O. The van der Waals surface area contributed by atoms with Crippen molar-refractivity contribution in [3.05, 3.63) is 76.2 Å². The van der Waals surface area contributed by atoms with Gasteiger partial charge >= 0.3 is 0 Å². The molecule has 0 bridgehead atoms. The van der Waals surface area contributed by atoms with Crippen LogP contribution in [0.2, 0.25) is 5.02 Å². The van der Waals surface area contributed by atoms with Crippen LogP contribution in [0.15, 0.2) is 48.7 Å². The monoisotopic (exact) mass is 357 g/mol. The molecule has 0 aliphatic heterocycles. The summed E-state index contributed by atoms with van der Waals surface area (Å²) in [6.07, 6.45) is 1.81. The molecule has 3 rings (SSSR count). The highest BCUT2D eigenvalue weighted by Gasteiger charge is 2.22. The van der Waals surface area contributed by atoms with Gasteiger partial charge in [-0.1, -0.05) is 29.8 Å². The molecule has 0 amide bonds. The van der Waals surface area contributed by atoms with E-state index in [-0.39, 0.29) is 11.6 Å². The van der Waals surface area contributed by atoms with Crippen LogP contribution in [0.5, 0.6) is 0 Å². The van der Waals surface area contributed by atoms with Crippen LogP contribution in [0.1, 0.15) is 34.5 Å². The van der Waals surface area contributed by atoms with Crippen LogP contribution in [-0.4, -0.2) is 15.6 Å². The first-order valence-electron chi connectivity index (χ1n) is 7.76. The smallest absolute Gasteiger partial charge is 0.196 e. The molecule has 0 radical (unpaired) electrons. The van der Waals surface area contributed by atoms with Gasteiger partial charge < -0.3 is 5.73 Å². The van der Waals surface area contributed by atoms with E-state index in [2.05, 4.69) is 5.10 Å². The molecule has 6 heteroatoms. The summed E-state index contributed by atoms with van der Waals surface area (Å²) < 4.78 is 15.7. The van der Waals surface area contributed by atoms with Crippen LogP contribution in [0.25, 0.3) is 11.3 Å². The fourth-order valence-electron chi connectivity index (χ4n) is 2.75. The minimum absolute atomic E-state index is 0.00991. The van der Waals surface area contributed by atoms with Crippen molar-refractivity contribution in [3.63, 3.8) is 0 Å². The number of nitrogens with two attached hydrogens (primary N) is 1. The maximum Gasteiger partial charge on any atom is 0.196 e. The molecule has 2 N–H and O–H groups in total. The fraction of sp³-hybridized carbons (Fsp3) is 0.158. The van der Waals surface area contributed by atoms with Crippen molar-refractivity contribution in [2.24, 2.45) is 12.8 Å². The first-order valence-corrected chi connectivity index (χ1v) is 8.14. The van der Waals surface area contributed by atoms with Crippen LogP contribution in [0, 0.1) is 5.82 Å². The first-order chi connectivity index (χ1) is 11.9. The van der Waals surface area contributed by atoms with E-state index in [1.54, 1.807) is 29.9 Å². The maximum atomic E-state index is 14.1. The zero-order valence-electron chi connectivity index (χ0n) is 13.8. The normalized spacial score (nSPS) is 12.2. The van der Waals surface area contributed by atoms with Crippen LogP contribution in [0.4, 0.5) is 4.39 Å². The lowest BCUT2D eigenvalue weighted by molar-refractivity contribution is 0.103. The summed E-state index contributed by atoms with van der Waals surface area (Å²) in [5.74, 6) is -1.02. The second-order valence-electron chi connectivity index (χ2n) is 5.89. The average Bonchev–Trinajstić information content (AvgIpc) is 2.96. The van der Waals surface area contributed by atoms with E-state index in [9.17, 15) is 9.18 Å². The van der Waals surface area contributed by atoms with Gasteiger partial charge in [0.15, 0.2) is 5.78 Å². The number of aromatic nitrogens is 2. The lowest BCUT2D eigenvalue weighted by Crippen LogP contribution is -2.09. The van der Waals surface area contributed by atoms with Crippen molar-refractivity contribution in [2.45, 2.75) is 13.0 Å². The number of benzene rings is 2. The Labute approximate surface area is 150 Å². The van der Waals surface area contributed by atoms with Gasteiger partial charge in [0, 0.05) is 41.0 Å². The van der Waals surface area contributed by atoms with Gasteiger partial charge in [-0.2, -0.15) is 5.10 Å². The van der Waals surface area contributed by atoms with Crippen LogP contribution in [0.3, 0.4) is 0 Å². The number of aryl methyl sites for hydroxylation is 1. The summed E-state index contributed by atoms with van der Waals surface area (Å²) in [6.45, 7) is 1.84. The van der Waals surface area contributed by atoms with E-state index in [0.717, 1.165) is 5.56 Å². The van der Waals surface area contributed by atoms with Crippen molar-refractivity contribution >= 4 is 17.4 Å². The number of halogens is 2. The van der Waals surface area contributed by atoms with Crippen LogP contribution < -0.4 is 5.73 Å². The Hall–Kier alpha value is -2.50. The predicted octanol–water partition coefficient (Wildman–Crippen LogP) is 4.13. The molecule has 128 valence electrons. The first kappa shape index (κ1) is 17.3. The van der Waals surface area contributed by atoms with Gasteiger partial charge in [-0.25, -0.2) is 4.39 Å². The molecule has 0 saturated heterocycles. The molecule has 0 aliphatic rings. The van der Waals surface area contributed by atoms with Crippen molar-refractivity contribution in [1.29, 1.82) is 0 Å². The third-order valence-electron chi connectivity index (χ3n) is 3.95. The third kappa shape index (κ3) is 3.34. The minimum Gasteiger partial charge on any atom is -0.324 e. The highest BCUT2D eigenvalue weighted by molar-refractivity contribution is 6.31. The SMILES string of the molecule is CC(N)c1cn(C)nc1-c1ccc(Cl)cc1C(=O)c1ccccc1F. The van der Waals surface area contributed by atoms with Crippen molar-refractivity contribution in [2.75, 3.05) is 0 Å². The molecule has 4 nitrogen and oxygen atoms in total. The molecule has 2 aromatic carbocycles. The summed E-state index contributed by atoms with van der Waals surface area (Å²) in [7, 11) is 1.78. The fourth-order valence-corrected chi connectivity index (χ4v) is 2.92. The molecule has 1 aromatic heterocycles. The number of rotatable bonds is 4. The average molecular weight is 358 g/mol. The molecule has 0 spiro atoms. The minimum atomic E-state index is -0.577.